The summed E-state index contributed by atoms with van der Waals surface area (Å²) in [7, 11) is 0. The number of rotatable bonds is 19. The summed E-state index contributed by atoms with van der Waals surface area (Å²) >= 11 is 12.0. The van der Waals surface area contributed by atoms with Crippen LogP contribution in [0.25, 0.3) is 0 Å². The first-order valence-electron chi connectivity index (χ1n) is 12.3. The summed E-state index contributed by atoms with van der Waals surface area (Å²) in [5, 5.41) is 1.19. The normalized spacial score (nSPS) is 10.8. The Bertz CT molecular complexity index is 649. The van der Waals surface area contributed by atoms with Gasteiger partial charge < -0.3 is 9.47 Å². The smallest absolute Gasteiger partial charge is 0.305 e. The van der Waals surface area contributed by atoms with Crippen LogP contribution in [0.4, 0.5) is 0 Å². The number of hydrogen-bond acceptors (Lipinski definition) is 4. The van der Waals surface area contributed by atoms with E-state index < -0.39 is 0 Å². The van der Waals surface area contributed by atoms with E-state index >= 15 is 0 Å². The number of unbranched alkanes of at least 4 members (excludes halogenated alkanes) is 10. The van der Waals surface area contributed by atoms with Crippen LogP contribution in [0, 0.1) is 0 Å². The summed E-state index contributed by atoms with van der Waals surface area (Å²) in [5.41, 5.74) is 0.926. The van der Waals surface area contributed by atoms with Gasteiger partial charge in [0.2, 0.25) is 0 Å². The first kappa shape index (κ1) is 28.8. The lowest BCUT2D eigenvalue weighted by atomic mass is 10.1. The quantitative estimate of drug-likeness (QED) is 0.146. The molecule has 0 bridgehead atoms. The number of hydrogen-bond donors (Lipinski definition) is 0. The van der Waals surface area contributed by atoms with Gasteiger partial charge in [0.15, 0.2) is 0 Å². The molecule has 0 amide bonds. The molecule has 0 saturated heterocycles. The first-order chi connectivity index (χ1) is 15.5. The maximum absolute atomic E-state index is 11.8. The molecule has 0 atom stereocenters. The number of carbonyl (C=O) groups is 2. The fraction of sp³-hybridized carbons (Fsp3) is 0.692. The highest BCUT2D eigenvalue weighted by Crippen LogP contribution is 2.21. The van der Waals surface area contributed by atoms with Gasteiger partial charge in [0.25, 0.3) is 0 Å². The van der Waals surface area contributed by atoms with E-state index in [9.17, 15) is 9.59 Å². The van der Waals surface area contributed by atoms with E-state index in [1.54, 1.807) is 12.1 Å². The van der Waals surface area contributed by atoms with Gasteiger partial charge in [-0.2, -0.15) is 0 Å². The topological polar surface area (TPSA) is 52.6 Å². The van der Waals surface area contributed by atoms with Crippen molar-refractivity contribution in [2.24, 2.45) is 0 Å². The molecule has 32 heavy (non-hydrogen) atoms. The van der Waals surface area contributed by atoms with Crippen molar-refractivity contribution in [1.29, 1.82) is 0 Å². The molecule has 6 heteroatoms. The third-order valence-corrected chi connectivity index (χ3v) is 6.01. The van der Waals surface area contributed by atoms with Gasteiger partial charge in [-0.15, -0.1) is 0 Å². The van der Waals surface area contributed by atoms with Gasteiger partial charge in [0.05, 0.1) is 13.2 Å². The van der Waals surface area contributed by atoms with E-state index in [0.29, 0.717) is 42.5 Å². The Morgan fingerprint density at radius 1 is 0.719 bits per heavy atom. The average Bonchev–Trinajstić information content (AvgIpc) is 2.76. The fourth-order valence-electron chi connectivity index (χ4n) is 3.46. The second kappa shape index (κ2) is 19.2. The first-order valence-corrected chi connectivity index (χ1v) is 13.0. The van der Waals surface area contributed by atoms with Gasteiger partial charge in [0.1, 0.15) is 0 Å². The number of halogens is 2. The lowest BCUT2D eigenvalue weighted by molar-refractivity contribution is -0.144. The van der Waals surface area contributed by atoms with Gasteiger partial charge in [-0.1, -0.05) is 94.0 Å². The molecule has 1 rings (SSSR count). The fourth-order valence-corrected chi connectivity index (χ4v) is 3.96. The molecule has 4 nitrogen and oxygen atoms in total. The molecule has 0 aromatic heterocycles. The molecule has 0 N–H and O–H groups in total. The molecule has 0 aliphatic heterocycles. The molecule has 0 aliphatic rings. The van der Waals surface area contributed by atoms with Crippen molar-refractivity contribution >= 4 is 35.1 Å². The second-order valence-electron chi connectivity index (χ2n) is 8.32. The van der Waals surface area contributed by atoms with Crippen LogP contribution in [0.15, 0.2) is 18.2 Å². The molecule has 182 valence electrons. The van der Waals surface area contributed by atoms with Crippen molar-refractivity contribution in [3.63, 3.8) is 0 Å². The monoisotopic (exact) mass is 486 g/mol. The van der Waals surface area contributed by atoms with Gasteiger partial charge in [-0.25, -0.2) is 0 Å². The highest BCUT2D eigenvalue weighted by Gasteiger charge is 2.06. The predicted molar refractivity (Wildman–Crippen MR) is 132 cm³/mol. The minimum absolute atomic E-state index is 0.0683. The molecule has 0 radical (unpaired) electrons. The highest BCUT2D eigenvalue weighted by molar-refractivity contribution is 6.35. The van der Waals surface area contributed by atoms with E-state index in [2.05, 4.69) is 6.92 Å². The van der Waals surface area contributed by atoms with Crippen molar-refractivity contribution in [3.8, 4) is 0 Å². The summed E-state index contributed by atoms with van der Waals surface area (Å²) in [5.74, 6) is -0.232. The summed E-state index contributed by atoms with van der Waals surface area (Å²) in [6.07, 6.45) is 14.6. The number of benzene rings is 1. The molecule has 0 heterocycles. The Kier molecular flexibility index (Phi) is 17.3. The molecule has 0 spiro atoms. The van der Waals surface area contributed by atoms with E-state index in [1.165, 1.54) is 25.7 Å². The van der Waals surface area contributed by atoms with Crippen molar-refractivity contribution in [1.82, 2.24) is 0 Å². The molecule has 1 aromatic rings. The van der Waals surface area contributed by atoms with Crippen LogP contribution >= 0.6 is 23.2 Å². The average molecular weight is 488 g/mol. The van der Waals surface area contributed by atoms with Gasteiger partial charge in [0, 0.05) is 29.3 Å². The van der Waals surface area contributed by atoms with Gasteiger partial charge in [-0.3, -0.25) is 9.59 Å². The minimum atomic E-state index is -0.164. The SMILES string of the molecule is CCCCCCCCOC(=O)CCCCCCCCC(=O)OCCc1ccc(Cl)cc1Cl. The van der Waals surface area contributed by atoms with Crippen LogP contribution < -0.4 is 0 Å². The van der Waals surface area contributed by atoms with Gasteiger partial charge >= 0.3 is 11.9 Å². The molecule has 0 saturated carbocycles. The zero-order chi connectivity index (χ0) is 23.4. The lowest BCUT2D eigenvalue weighted by Crippen LogP contribution is -2.07. The zero-order valence-electron chi connectivity index (χ0n) is 19.6. The Morgan fingerprint density at radius 2 is 1.25 bits per heavy atom. The Labute approximate surface area is 204 Å². The Morgan fingerprint density at radius 3 is 1.84 bits per heavy atom. The predicted octanol–water partition coefficient (Wildman–Crippen LogP) is 8.10. The summed E-state index contributed by atoms with van der Waals surface area (Å²) < 4.78 is 10.6. The summed E-state index contributed by atoms with van der Waals surface area (Å²) in [6, 6.07) is 5.33. The van der Waals surface area contributed by atoms with Crippen molar-refractivity contribution < 1.29 is 19.1 Å². The van der Waals surface area contributed by atoms with E-state index in [4.69, 9.17) is 32.7 Å². The maximum Gasteiger partial charge on any atom is 0.305 e. The number of esters is 2. The molecule has 0 unspecified atom stereocenters. The molecule has 0 fully saturated rings. The zero-order valence-corrected chi connectivity index (χ0v) is 21.2. The molecule has 0 aliphatic carbocycles. The minimum Gasteiger partial charge on any atom is -0.466 e. The van der Waals surface area contributed by atoms with Crippen LogP contribution in [0.5, 0.6) is 0 Å². The standard InChI is InChI=1S/C26H40Cl2O4/c1-2-3-4-5-10-13-19-31-25(29)14-11-8-6-7-9-12-15-26(30)32-20-18-22-16-17-23(27)21-24(22)28/h16-17,21H,2-15,18-20H2,1H3. The molecule has 1 aromatic carbocycles. The van der Waals surface area contributed by atoms with Crippen molar-refractivity contribution in [2.75, 3.05) is 13.2 Å². The van der Waals surface area contributed by atoms with Crippen LogP contribution in [0.1, 0.15) is 102 Å². The van der Waals surface area contributed by atoms with Crippen molar-refractivity contribution in [3.05, 3.63) is 33.8 Å². The summed E-state index contributed by atoms with van der Waals surface area (Å²) in [6.45, 7) is 3.10. The third-order valence-electron chi connectivity index (χ3n) is 5.42. The molecular weight excluding hydrogens is 447 g/mol. The number of carbonyl (C=O) groups excluding carboxylic acids is 2. The summed E-state index contributed by atoms with van der Waals surface area (Å²) in [4.78, 5) is 23.5. The van der Waals surface area contributed by atoms with E-state index in [-0.39, 0.29) is 11.9 Å². The Balaban J connectivity index is 1.88. The van der Waals surface area contributed by atoms with Crippen LogP contribution in [0.3, 0.4) is 0 Å². The van der Waals surface area contributed by atoms with Crippen LogP contribution in [0.2, 0.25) is 10.0 Å². The van der Waals surface area contributed by atoms with Crippen LogP contribution in [-0.4, -0.2) is 25.2 Å². The van der Waals surface area contributed by atoms with E-state index in [0.717, 1.165) is 56.9 Å². The van der Waals surface area contributed by atoms with Crippen LogP contribution in [-0.2, 0) is 25.5 Å². The second-order valence-corrected chi connectivity index (χ2v) is 9.16. The van der Waals surface area contributed by atoms with Crippen molar-refractivity contribution in [2.45, 2.75) is 103 Å². The Hall–Kier alpha value is -1.26. The largest absolute Gasteiger partial charge is 0.466 e. The van der Waals surface area contributed by atoms with E-state index in [1.807, 2.05) is 6.07 Å². The lowest BCUT2D eigenvalue weighted by Gasteiger charge is -2.07. The number of ether oxygens (including phenoxy) is 2. The maximum atomic E-state index is 11.8. The third kappa shape index (κ3) is 15.5. The highest BCUT2D eigenvalue weighted by atomic mass is 35.5. The molecular formula is C26H40Cl2O4. The van der Waals surface area contributed by atoms with Gasteiger partial charge in [-0.05, 0) is 37.0 Å².